The van der Waals surface area contributed by atoms with Gasteiger partial charge in [-0.1, -0.05) is 24.3 Å². The Bertz CT molecular complexity index is 1330. The molecule has 0 aliphatic carbocycles. The first-order valence-electron chi connectivity index (χ1n) is 12.0. The molecule has 2 aromatic carbocycles. The van der Waals surface area contributed by atoms with Crippen LogP contribution in [0.2, 0.25) is 0 Å². The van der Waals surface area contributed by atoms with Gasteiger partial charge >= 0.3 is 6.18 Å². The van der Waals surface area contributed by atoms with E-state index in [1.165, 1.54) is 13.0 Å². The fourth-order valence-electron chi connectivity index (χ4n) is 4.88. The molecule has 1 fully saturated rings. The summed E-state index contributed by atoms with van der Waals surface area (Å²) in [7, 11) is 0. The lowest BCUT2D eigenvalue weighted by atomic mass is 9.96. The molecular weight excluding hydrogens is 469 g/mol. The van der Waals surface area contributed by atoms with Crippen molar-refractivity contribution in [3.8, 4) is 0 Å². The SMILES string of the molecule is Cc1c([C@@H](C)Nc2cnnc3ccc(C4=CCN(C(=O)C5COC5)CC4)cc23)cccc1C(F)(F)F. The van der Waals surface area contributed by atoms with Crippen LogP contribution < -0.4 is 5.32 Å². The highest BCUT2D eigenvalue weighted by Crippen LogP contribution is 2.36. The lowest BCUT2D eigenvalue weighted by Gasteiger charge is -2.33. The predicted molar refractivity (Wildman–Crippen MR) is 131 cm³/mol. The van der Waals surface area contributed by atoms with Crippen molar-refractivity contribution in [2.24, 2.45) is 5.92 Å². The Balaban J connectivity index is 1.39. The number of fused-ring (bicyclic) bond motifs is 1. The minimum Gasteiger partial charge on any atom is -0.380 e. The zero-order chi connectivity index (χ0) is 25.4. The second-order valence-electron chi connectivity index (χ2n) is 9.37. The minimum absolute atomic E-state index is 0.0183. The summed E-state index contributed by atoms with van der Waals surface area (Å²) in [6.07, 6.45) is 0.0193. The number of hydrogen-bond acceptors (Lipinski definition) is 5. The number of halogens is 3. The van der Waals surface area contributed by atoms with Gasteiger partial charge in [0.05, 0.1) is 42.1 Å². The molecule has 6 nitrogen and oxygen atoms in total. The fourth-order valence-corrected chi connectivity index (χ4v) is 4.88. The van der Waals surface area contributed by atoms with Gasteiger partial charge in [0.15, 0.2) is 0 Å². The first kappa shape index (κ1) is 24.2. The van der Waals surface area contributed by atoms with Crippen molar-refractivity contribution in [2.45, 2.75) is 32.5 Å². The van der Waals surface area contributed by atoms with Crippen molar-refractivity contribution < 1.29 is 22.7 Å². The molecule has 1 atom stereocenters. The number of rotatable bonds is 5. The number of ether oxygens (including phenoxy) is 1. The van der Waals surface area contributed by atoms with Crippen LogP contribution in [0.1, 0.15) is 41.6 Å². The number of carbonyl (C=O) groups is 1. The Labute approximate surface area is 207 Å². The third-order valence-electron chi connectivity index (χ3n) is 7.04. The molecule has 0 unspecified atom stereocenters. The number of anilines is 1. The van der Waals surface area contributed by atoms with E-state index in [4.69, 9.17) is 4.74 Å². The van der Waals surface area contributed by atoms with Gasteiger partial charge in [-0.3, -0.25) is 4.79 Å². The normalized spacial score (nSPS) is 17.5. The Hall–Kier alpha value is -3.46. The summed E-state index contributed by atoms with van der Waals surface area (Å²) < 4.78 is 45.4. The molecule has 36 heavy (non-hydrogen) atoms. The molecule has 9 heteroatoms. The average molecular weight is 497 g/mol. The topological polar surface area (TPSA) is 67.4 Å². The van der Waals surface area contributed by atoms with Crippen molar-refractivity contribution in [3.63, 3.8) is 0 Å². The van der Waals surface area contributed by atoms with Gasteiger partial charge in [-0.25, -0.2) is 0 Å². The van der Waals surface area contributed by atoms with E-state index in [2.05, 4.69) is 21.6 Å². The van der Waals surface area contributed by atoms with Crippen LogP contribution >= 0.6 is 0 Å². The second kappa shape index (κ2) is 9.54. The molecule has 0 spiro atoms. The number of hydrogen-bond donors (Lipinski definition) is 1. The van der Waals surface area contributed by atoms with Crippen LogP contribution in [0.15, 0.2) is 48.7 Å². The molecule has 3 heterocycles. The van der Waals surface area contributed by atoms with E-state index in [1.807, 2.05) is 30.0 Å². The van der Waals surface area contributed by atoms with Crippen molar-refractivity contribution >= 4 is 28.1 Å². The highest BCUT2D eigenvalue weighted by Gasteiger charge is 2.33. The molecule has 1 saturated heterocycles. The molecule has 0 saturated carbocycles. The lowest BCUT2D eigenvalue weighted by molar-refractivity contribution is -0.149. The van der Waals surface area contributed by atoms with Crippen molar-refractivity contribution in [1.29, 1.82) is 0 Å². The summed E-state index contributed by atoms with van der Waals surface area (Å²) in [6, 6.07) is 9.78. The summed E-state index contributed by atoms with van der Waals surface area (Å²) in [5, 5.41) is 12.5. The second-order valence-corrected chi connectivity index (χ2v) is 9.37. The molecule has 1 aromatic heterocycles. The number of aromatic nitrogens is 2. The van der Waals surface area contributed by atoms with Crippen LogP contribution in [0.25, 0.3) is 16.5 Å². The Morgan fingerprint density at radius 3 is 2.69 bits per heavy atom. The van der Waals surface area contributed by atoms with E-state index in [0.29, 0.717) is 43.1 Å². The molecule has 1 amide bonds. The van der Waals surface area contributed by atoms with Gasteiger partial charge in [0.2, 0.25) is 5.91 Å². The van der Waals surface area contributed by atoms with Gasteiger partial charge in [-0.2, -0.15) is 23.4 Å². The maximum Gasteiger partial charge on any atom is 0.416 e. The molecular formula is C27H27F3N4O2. The van der Waals surface area contributed by atoms with E-state index < -0.39 is 11.7 Å². The van der Waals surface area contributed by atoms with Gasteiger partial charge in [0.25, 0.3) is 0 Å². The molecule has 0 radical (unpaired) electrons. The van der Waals surface area contributed by atoms with E-state index >= 15 is 0 Å². The van der Waals surface area contributed by atoms with Gasteiger partial charge in [-0.15, -0.1) is 0 Å². The van der Waals surface area contributed by atoms with Gasteiger partial charge in [0, 0.05) is 24.5 Å². The van der Waals surface area contributed by atoms with E-state index in [-0.39, 0.29) is 23.4 Å². The Kier molecular flexibility index (Phi) is 6.42. The number of amides is 1. The molecule has 3 aromatic rings. The number of benzene rings is 2. The van der Waals surface area contributed by atoms with Crippen LogP contribution in [0.4, 0.5) is 18.9 Å². The quantitative estimate of drug-likeness (QED) is 0.513. The predicted octanol–water partition coefficient (Wildman–Crippen LogP) is 5.39. The zero-order valence-corrected chi connectivity index (χ0v) is 20.1. The summed E-state index contributed by atoms with van der Waals surface area (Å²) in [5.41, 5.74) is 3.71. The molecule has 188 valence electrons. The van der Waals surface area contributed by atoms with E-state index in [1.54, 1.807) is 12.3 Å². The molecule has 1 N–H and O–H groups in total. The number of nitrogens with zero attached hydrogens (tertiary/aromatic N) is 3. The van der Waals surface area contributed by atoms with Crippen LogP contribution in [0, 0.1) is 12.8 Å². The minimum atomic E-state index is -4.40. The highest BCUT2D eigenvalue weighted by atomic mass is 19.4. The maximum atomic E-state index is 13.4. The summed E-state index contributed by atoms with van der Waals surface area (Å²) in [4.78, 5) is 14.4. The van der Waals surface area contributed by atoms with Crippen molar-refractivity contribution in [2.75, 3.05) is 31.6 Å². The average Bonchev–Trinajstić information content (AvgIpc) is 2.82. The monoisotopic (exact) mass is 496 g/mol. The summed E-state index contributed by atoms with van der Waals surface area (Å²) in [5.74, 6) is 0.131. The van der Waals surface area contributed by atoms with Crippen molar-refractivity contribution in [3.05, 3.63) is 70.9 Å². The van der Waals surface area contributed by atoms with E-state index in [0.717, 1.165) is 29.0 Å². The largest absolute Gasteiger partial charge is 0.416 e. The zero-order valence-electron chi connectivity index (χ0n) is 20.1. The number of carbonyl (C=O) groups excluding carboxylic acids is 1. The summed E-state index contributed by atoms with van der Waals surface area (Å²) >= 11 is 0. The highest BCUT2D eigenvalue weighted by molar-refractivity contribution is 5.93. The Morgan fingerprint density at radius 2 is 2.03 bits per heavy atom. The van der Waals surface area contributed by atoms with Gasteiger partial charge < -0.3 is 15.0 Å². The maximum absolute atomic E-state index is 13.4. The van der Waals surface area contributed by atoms with Crippen LogP contribution in [0.3, 0.4) is 0 Å². The summed E-state index contributed by atoms with van der Waals surface area (Å²) in [6.45, 7) is 5.57. The van der Waals surface area contributed by atoms with E-state index in [9.17, 15) is 18.0 Å². The van der Waals surface area contributed by atoms with Crippen LogP contribution in [-0.2, 0) is 15.7 Å². The number of alkyl halides is 3. The van der Waals surface area contributed by atoms with Gasteiger partial charge in [-0.05, 0) is 60.7 Å². The molecule has 2 aliphatic rings. The van der Waals surface area contributed by atoms with Gasteiger partial charge in [0.1, 0.15) is 0 Å². The first-order chi connectivity index (χ1) is 17.2. The molecule has 2 aliphatic heterocycles. The molecule has 0 bridgehead atoms. The standard InChI is InChI=1S/C27H27F3N4O2/c1-16-21(4-3-5-23(16)27(28,29)30)17(2)32-25-13-31-33-24-7-6-19(12-22(24)25)18-8-10-34(11-9-18)26(35)20-14-36-15-20/h3-8,12-13,17,20H,9-11,14-15H2,1-2H3,(H,32,33)/t17-/m1/s1. The number of nitrogens with one attached hydrogen (secondary N) is 1. The first-order valence-corrected chi connectivity index (χ1v) is 12.0. The van der Waals surface area contributed by atoms with Crippen molar-refractivity contribution in [1.82, 2.24) is 15.1 Å². The smallest absolute Gasteiger partial charge is 0.380 e. The third-order valence-corrected chi connectivity index (χ3v) is 7.04. The Morgan fingerprint density at radius 1 is 1.22 bits per heavy atom. The third kappa shape index (κ3) is 4.67. The van der Waals surface area contributed by atoms with Crippen LogP contribution in [-0.4, -0.2) is 47.3 Å². The molecule has 5 rings (SSSR count). The lowest BCUT2D eigenvalue weighted by Crippen LogP contribution is -2.46. The fraction of sp³-hybridized carbons (Fsp3) is 0.370. The van der Waals surface area contributed by atoms with Crippen LogP contribution in [0.5, 0.6) is 0 Å².